The number of fused-ring (bicyclic) bond motifs is 1. The zero-order valence-corrected chi connectivity index (χ0v) is 18.1. The van der Waals surface area contributed by atoms with Crippen LogP contribution in [0.3, 0.4) is 0 Å². The first-order valence-corrected chi connectivity index (χ1v) is 10.8. The number of rotatable bonds is 3. The Morgan fingerprint density at radius 2 is 1.76 bits per heavy atom. The first kappa shape index (κ1) is 20.0. The minimum Gasteiger partial charge on any atom is -0.366 e. The van der Waals surface area contributed by atoms with E-state index in [1.807, 2.05) is 41.3 Å². The van der Waals surface area contributed by atoms with Crippen LogP contribution in [0, 0.1) is 0 Å². The van der Waals surface area contributed by atoms with Crippen LogP contribution in [-0.4, -0.2) is 42.9 Å². The average molecular weight is 448 g/mol. The lowest BCUT2D eigenvalue weighted by molar-refractivity contribution is -0.129. The van der Waals surface area contributed by atoms with Crippen LogP contribution < -0.4 is 10.2 Å². The molecule has 0 bridgehead atoms. The van der Waals surface area contributed by atoms with Gasteiger partial charge in [-0.1, -0.05) is 41.4 Å². The van der Waals surface area contributed by atoms with Crippen molar-refractivity contribution in [2.24, 2.45) is 0 Å². The van der Waals surface area contributed by atoms with Crippen LogP contribution in [0.15, 0.2) is 42.5 Å². The number of halogens is 2. The van der Waals surface area contributed by atoms with Gasteiger partial charge in [-0.25, -0.2) is 0 Å². The fourth-order valence-corrected chi connectivity index (χ4v) is 5.17. The number of anilines is 2. The molecule has 1 aliphatic heterocycles. The minimum atomic E-state index is -0.248. The summed E-state index contributed by atoms with van der Waals surface area (Å²) in [5.74, 6) is -0.159. The molecular weight excluding hydrogens is 429 g/mol. The third-order valence-electron chi connectivity index (χ3n) is 5.02. The molecule has 4 rings (SSSR count). The van der Waals surface area contributed by atoms with Crippen LogP contribution in [0.1, 0.15) is 16.6 Å². The van der Waals surface area contributed by atoms with Crippen LogP contribution in [-0.2, 0) is 4.79 Å². The van der Waals surface area contributed by atoms with E-state index in [4.69, 9.17) is 23.2 Å². The van der Waals surface area contributed by atoms with E-state index in [0.717, 1.165) is 21.5 Å². The van der Waals surface area contributed by atoms with Crippen LogP contribution >= 0.6 is 34.5 Å². The Hall–Kier alpha value is -2.28. The molecule has 1 fully saturated rings. The third-order valence-corrected chi connectivity index (χ3v) is 6.91. The van der Waals surface area contributed by atoms with Crippen LogP contribution in [0.25, 0.3) is 10.1 Å². The van der Waals surface area contributed by atoms with E-state index in [1.165, 1.54) is 11.3 Å². The lowest BCUT2D eigenvalue weighted by atomic mass is 10.2. The molecule has 2 heterocycles. The molecule has 1 saturated heterocycles. The molecule has 2 aromatic carbocycles. The summed E-state index contributed by atoms with van der Waals surface area (Å²) in [6.45, 7) is 4.36. The molecule has 150 valence electrons. The van der Waals surface area contributed by atoms with Crippen LogP contribution in [0.2, 0.25) is 10.0 Å². The molecule has 2 amide bonds. The van der Waals surface area contributed by atoms with E-state index in [0.29, 0.717) is 41.1 Å². The lowest BCUT2D eigenvalue weighted by Crippen LogP contribution is -2.48. The quantitative estimate of drug-likeness (QED) is 0.605. The molecule has 0 aliphatic carbocycles. The van der Waals surface area contributed by atoms with Crippen molar-refractivity contribution in [1.82, 2.24) is 4.90 Å². The molecule has 1 aromatic heterocycles. The van der Waals surface area contributed by atoms with Gasteiger partial charge in [0.15, 0.2) is 0 Å². The molecule has 29 heavy (non-hydrogen) atoms. The van der Waals surface area contributed by atoms with E-state index < -0.39 is 0 Å². The van der Waals surface area contributed by atoms with Gasteiger partial charge < -0.3 is 15.1 Å². The number of amides is 2. The van der Waals surface area contributed by atoms with Crippen molar-refractivity contribution in [1.29, 1.82) is 0 Å². The largest absolute Gasteiger partial charge is 0.366 e. The van der Waals surface area contributed by atoms with Gasteiger partial charge >= 0.3 is 0 Å². The standard InChI is InChI=1S/C21H19Cl2N3O2S/c1-13(27)25-8-10-26(11-9-25)17-5-3-2-4-16(17)24-21(28)20-19(23)15-7-6-14(22)12-18(15)29-20/h2-7,12H,8-11H2,1H3,(H,24,28). The monoisotopic (exact) mass is 447 g/mol. The summed E-state index contributed by atoms with van der Waals surface area (Å²) in [6.07, 6.45) is 0. The zero-order valence-electron chi connectivity index (χ0n) is 15.7. The number of nitrogens with zero attached hydrogens (tertiary/aromatic N) is 2. The van der Waals surface area contributed by atoms with Crippen molar-refractivity contribution in [3.05, 3.63) is 57.4 Å². The molecule has 1 N–H and O–H groups in total. The molecule has 3 aromatic rings. The molecule has 5 nitrogen and oxygen atoms in total. The van der Waals surface area contributed by atoms with Crippen molar-refractivity contribution in [2.75, 3.05) is 36.4 Å². The highest BCUT2D eigenvalue weighted by Crippen LogP contribution is 2.37. The third kappa shape index (κ3) is 4.06. The average Bonchev–Trinajstić information content (AvgIpc) is 3.04. The zero-order chi connectivity index (χ0) is 20.5. The smallest absolute Gasteiger partial charge is 0.267 e. The Bertz CT molecular complexity index is 1090. The van der Waals surface area contributed by atoms with Crippen molar-refractivity contribution < 1.29 is 9.59 Å². The number of piperazine rings is 1. The molecule has 8 heteroatoms. The van der Waals surface area contributed by atoms with Gasteiger partial charge in [0.05, 0.1) is 16.4 Å². The van der Waals surface area contributed by atoms with Gasteiger partial charge in [-0.05, 0) is 24.3 Å². The Kier molecular flexibility index (Phi) is 5.67. The highest BCUT2D eigenvalue weighted by atomic mass is 35.5. The summed E-state index contributed by atoms with van der Waals surface area (Å²) in [7, 11) is 0. The topological polar surface area (TPSA) is 52.7 Å². The van der Waals surface area contributed by atoms with Crippen molar-refractivity contribution in [2.45, 2.75) is 6.92 Å². The minimum absolute atomic E-state index is 0.0887. The number of para-hydroxylation sites is 2. The van der Waals surface area contributed by atoms with Crippen LogP contribution in [0.4, 0.5) is 11.4 Å². The van der Waals surface area contributed by atoms with Gasteiger partial charge in [0.25, 0.3) is 5.91 Å². The number of carbonyl (C=O) groups is 2. The van der Waals surface area contributed by atoms with E-state index in [1.54, 1.807) is 13.0 Å². The Morgan fingerprint density at radius 3 is 2.48 bits per heavy atom. The second kappa shape index (κ2) is 8.22. The molecule has 0 unspecified atom stereocenters. The van der Waals surface area contributed by atoms with Gasteiger partial charge in [0.2, 0.25) is 5.91 Å². The first-order valence-electron chi connectivity index (χ1n) is 9.22. The van der Waals surface area contributed by atoms with Gasteiger partial charge in [0, 0.05) is 48.2 Å². The SMILES string of the molecule is CC(=O)N1CCN(c2ccccc2NC(=O)c2sc3cc(Cl)ccc3c2Cl)CC1. The highest BCUT2D eigenvalue weighted by Gasteiger charge is 2.22. The Morgan fingerprint density at radius 1 is 1.03 bits per heavy atom. The maximum atomic E-state index is 13.0. The molecule has 0 saturated carbocycles. The van der Waals surface area contributed by atoms with Crippen molar-refractivity contribution in [3.63, 3.8) is 0 Å². The predicted molar refractivity (Wildman–Crippen MR) is 121 cm³/mol. The number of hydrogen-bond acceptors (Lipinski definition) is 4. The van der Waals surface area contributed by atoms with Crippen molar-refractivity contribution >= 4 is 67.8 Å². The number of hydrogen-bond donors (Lipinski definition) is 1. The summed E-state index contributed by atoms with van der Waals surface area (Å²) in [5, 5.41) is 4.87. The maximum absolute atomic E-state index is 13.0. The second-order valence-corrected chi connectivity index (χ2v) is 8.72. The van der Waals surface area contributed by atoms with Crippen molar-refractivity contribution in [3.8, 4) is 0 Å². The Labute approximate surface area is 182 Å². The summed E-state index contributed by atoms with van der Waals surface area (Å²) < 4.78 is 0.876. The molecule has 0 radical (unpaired) electrons. The van der Waals surface area contributed by atoms with Crippen LogP contribution in [0.5, 0.6) is 0 Å². The fourth-order valence-electron chi connectivity index (χ4n) is 3.48. The van der Waals surface area contributed by atoms with Gasteiger partial charge in [0.1, 0.15) is 4.88 Å². The Balaban J connectivity index is 1.57. The molecule has 0 spiro atoms. The maximum Gasteiger partial charge on any atom is 0.267 e. The summed E-state index contributed by atoms with van der Waals surface area (Å²) in [5.41, 5.74) is 1.66. The van der Waals surface area contributed by atoms with Gasteiger partial charge in [-0.3, -0.25) is 9.59 Å². The van der Waals surface area contributed by atoms with E-state index in [9.17, 15) is 9.59 Å². The predicted octanol–water partition coefficient (Wildman–Crippen LogP) is 5.13. The van der Waals surface area contributed by atoms with E-state index in [-0.39, 0.29) is 11.8 Å². The number of nitrogens with one attached hydrogen (secondary N) is 1. The molecule has 0 atom stereocenters. The summed E-state index contributed by atoms with van der Waals surface area (Å²) >= 11 is 13.8. The second-order valence-electron chi connectivity index (χ2n) is 6.85. The number of thiophene rings is 1. The van der Waals surface area contributed by atoms with Gasteiger partial charge in [-0.2, -0.15) is 0 Å². The van der Waals surface area contributed by atoms with E-state index >= 15 is 0 Å². The fraction of sp³-hybridized carbons (Fsp3) is 0.238. The first-order chi connectivity index (χ1) is 13.9. The molecule has 1 aliphatic rings. The number of benzene rings is 2. The van der Waals surface area contributed by atoms with Gasteiger partial charge in [-0.15, -0.1) is 11.3 Å². The lowest BCUT2D eigenvalue weighted by Gasteiger charge is -2.36. The summed E-state index contributed by atoms with van der Waals surface area (Å²) in [4.78, 5) is 29.0. The normalized spacial score (nSPS) is 14.3. The number of carbonyl (C=O) groups excluding carboxylic acids is 2. The highest BCUT2D eigenvalue weighted by molar-refractivity contribution is 7.21. The molecular formula is C21H19Cl2N3O2S. The van der Waals surface area contributed by atoms with E-state index in [2.05, 4.69) is 10.2 Å². The summed E-state index contributed by atoms with van der Waals surface area (Å²) in [6, 6.07) is 13.1.